The maximum absolute atomic E-state index is 8.75. The largest absolute Gasteiger partial charge is 0.493 e. The molecule has 0 bridgehead atoms. The van der Waals surface area contributed by atoms with Gasteiger partial charge in [0.25, 0.3) is 0 Å². The van der Waals surface area contributed by atoms with Crippen LogP contribution >= 0.6 is 0 Å². The summed E-state index contributed by atoms with van der Waals surface area (Å²) in [6, 6.07) is 10.8. The summed E-state index contributed by atoms with van der Waals surface area (Å²) < 4.78 is 5.67. The van der Waals surface area contributed by atoms with Gasteiger partial charge in [0.2, 0.25) is 0 Å². The number of ether oxygens (including phenoxy) is 1. The zero-order chi connectivity index (χ0) is 13.0. The van der Waals surface area contributed by atoms with Crippen LogP contribution in [0.25, 0.3) is 0 Å². The molecule has 3 nitrogen and oxygen atoms in total. The fourth-order valence-electron chi connectivity index (χ4n) is 2.42. The number of para-hydroxylation sites is 1. The summed E-state index contributed by atoms with van der Waals surface area (Å²) in [4.78, 5) is 2.27. The van der Waals surface area contributed by atoms with Crippen molar-refractivity contribution in [2.75, 3.05) is 20.2 Å². The fourth-order valence-corrected chi connectivity index (χ4v) is 2.42. The summed E-state index contributed by atoms with van der Waals surface area (Å²) in [7, 11) is 2.10. The Morgan fingerprint density at radius 2 is 2.28 bits per heavy atom. The van der Waals surface area contributed by atoms with Crippen molar-refractivity contribution in [1.29, 1.82) is 5.26 Å². The standard InChI is InChI=1S/C15H20N2O/c1-12(7-9-16)17(2)11-13-8-10-18-15-6-4-3-5-14(13)15/h3-6,12-13H,7-8,10-11H2,1-2H3. The highest BCUT2D eigenvalue weighted by Crippen LogP contribution is 2.33. The molecule has 0 spiro atoms. The Morgan fingerprint density at radius 3 is 3.06 bits per heavy atom. The second-order valence-corrected chi connectivity index (χ2v) is 5.02. The monoisotopic (exact) mass is 244 g/mol. The molecule has 3 heteroatoms. The van der Waals surface area contributed by atoms with E-state index in [4.69, 9.17) is 10.00 Å². The van der Waals surface area contributed by atoms with E-state index in [9.17, 15) is 0 Å². The van der Waals surface area contributed by atoms with Gasteiger partial charge in [0.1, 0.15) is 5.75 Å². The number of hydrogen-bond donors (Lipinski definition) is 0. The lowest BCUT2D eigenvalue weighted by atomic mass is 9.92. The van der Waals surface area contributed by atoms with Gasteiger partial charge in [-0.15, -0.1) is 0 Å². The molecule has 1 aliphatic heterocycles. The minimum absolute atomic E-state index is 0.310. The van der Waals surface area contributed by atoms with E-state index < -0.39 is 0 Å². The molecule has 18 heavy (non-hydrogen) atoms. The van der Waals surface area contributed by atoms with Crippen LogP contribution < -0.4 is 4.74 Å². The van der Waals surface area contributed by atoms with Gasteiger partial charge >= 0.3 is 0 Å². The highest BCUT2D eigenvalue weighted by Gasteiger charge is 2.23. The van der Waals surface area contributed by atoms with Crippen molar-refractivity contribution < 1.29 is 4.74 Å². The Kier molecular flexibility index (Phi) is 4.22. The zero-order valence-corrected chi connectivity index (χ0v) is 11.1. The van der Waals surface area contributed by atoms with Crippen molar-refractivity contribution in [1.82, 2.24) is 4.90 Å². The molecule has 0 saturated carbocycles. The molecule has 1 aromatic carbocycles. The average molecular weight is 244 g/mol. The second kappa shape index (κ2) is 5.88. The first-order chi connectivity index (χ1) is 8.72. The van der Waals surface area contributed by atoms with Crippen LogP contribution in [0, 0.1) is 11.3 Å². The molecule has 0 amide bonds. The third-order valence-corrected chi connectivity index (χ3v) is 3.73. The fraction of sp³-hybridized carbons (Fsp3) is 0.533. The van der Waals surface area contributed by atoms with Crippen molar-refractivity contribution in [2.45, 2.75) is 31.7 Å². The van der Waals surface area contributed by atoms with Crippen LogP contribution in [0.15, 0.2) is 24.3 Å². The van der Waals surface area contributed by atoms with E-state index in [1.165, 1.54) is 5.56 Å². The Bertz CT molecular complexity index is 438. The molecular formula is C15H20N2O. The summed E-state index contributed by atoms with van der Waals surface area (Å²) >= 11 is 0. The lowest BCUT2D eigenvalue weighted by Gasteiger charge is -2.31. The molecule has 0 radical (unpaired) electrons. The molecule has 0 aliphatic carbocycles. The molecule has 96 valence electrons. The maximum Gasteiger partial charge on any atom is 0.122 e. The summed E-state index contributed by atoms with van der Waals surface area (Å²) in [5.74, 6) is 1.54. The average Bonchev–Trinajstić information content (AvgIpc) is 2.39. The molecule has 0 aromatic heterocycles. The first kappa shape index (κ1) is 12.9. The number of rotatable bonds is 4. The Balaban J connectivity index is 2.05. The van der Waals surface area contributed by atoms with Gasteiger partial charge in [0.05, 0.1) is 19.1 Å². The Morgan fingerprint density at radius 1 is 1.50 bits per heavy atom. The van der Waals surface area contributed by atoms with E-state index in [-0.39, 0.29) is 0 Å². The quantitative estimate of drug-likeness (QED) is 0.817. The van der Waals surface area contributed by atoms with E-state index in [1.54, 1.807) is 0 Å². The molecule has 2 unspecified atom stereocenters. The van der Waals surface area contributed by atoms with Crippen molar-refractivity contribution >= 4 is 0 Å². The van der Waals surface area contributed by atoms with E-state index in [0.717, 1.165) is 25.3 Å². The van der Waals surface area contributed by atoms with Crippen molar-refractivity contribution in [3.8, 4) is 11.8 Å². The summed E-state index contributed by atoms with van der Waals surface area (Å²) in [5.41, 5.74) is 1.31. The molecule has 2 rings (SSSR count). The molecule has 2 atom stereocenters. The van der Waals surface area contributed by atoms with Gasteiger partial charge in [-0.3, -0.25) is 0 Å². The van der Waals surface area contributed by atoms with Crippen LogP contribution in [0.4, 0.5) is 0 Å². The molecule has 1 aliphatic rings. The number of nitriles is 1. The first-order valence-corrected chi connectivity index (χ1v) is 6.51. The predicted octanol–water partition coefficient (Wildman–Crippen LogP) is 2.79. The van der Waals surface area contributed by atoms with E-state index >= 15 is 0 Å². The third-order valence-electron chi connectivity index (χ3n) is 3.73. The third kappa shape index (κ3) is 2.83. The van der Waals surface area contributed by atoms with E-state index in [1.807, 2.05) is 12.1 Å². The topological polar surface area (TPSA) is 36.3 Å². The molecule has 1 heterocycles. The lowest BCUT2D eigenvalue weighted by Crippen LogP contribution is -2.34. The predicted molar refractivity (Wildman–Crippen MR) is 71.6 cm³/mol. The van der Waals surface area contributed by atoms with Gasteiger partial charge in [0.15, 0.2) is 0 Å². The number of fused-ring (bicyclic) bond motifs is 1. The van der Waals surface area contributed by atoms with Crippen molar-refractivity contribution in [3.05, 3.63) is 29.8 Å². The first-order valence-electron chi connectivity index (χ1n) is 6.51. The van der Waals surface area contributed by atoms with Crippen LogP contribution in [0.1, 0.15) is 31.2 Å². The Labute approximate surface area is 109 Å². The van der Waals surface area contributed by atoms with Gasteiger partial charge < -0.3 is 9.64 Å². The van der Waals surface area contributed by atoms with Crippen molar-refractivity contribution in [2.24, 2.45) is 0 Å². The lowest BCUT2D eigenvalue weighted by molar-refractivity contribution is 0.204. The second-order valence-electron chi connectivity index (χ2n) is 5.02. The summed E-state index contributed by atoms with van der Waals surface area (Å²) in [6.45, 7) is 3.89. The summed E-state index contributed by atoms with van der Waals surface area (Å²) in [5, 5.41) is 8.75. The number of likely N-dealkylation sites (N-methyl/N-ethyl adjacent to an activating group) is 1. The number of nitrogens with zero attached hydrogens (tertiary/aromatic N) is 2. The molecule has 0 fully saturated rings. The number of hydrogen-bond acceptors (Lipinski definition) is 3. The molecular weight excluding hydrogens is 224 g/mol. The normalized spacial score (nSPS) is 19.8. The maximum atomic E-state index is 8.75. The minimum atomic E-state index is 0.310. The van der Waals surface area contributed by atoms with Crippen LogP contribution in [0.3, 0.4) is 0 Å². The van der Waals surface area contributed by atoms with E-state index in [2.05, 4.69) is 37.1 Å². The Hall–Kier alpha value is -1.53. The molecule has 1 aromatic rings. The smallest absolute Gasteiger partial charge is 0.122 e. The molecule has 0 saturated heterocycles. The van der Waals surface area contributed by atoms with Crippen LogP contribution in [-0.2, 0) is 0 Å². The van der Waals surface area contributed by atoms with Crippen LogP contribution in [0.2, 0.25) is 0 Å². The molecule has 0 N–H and O–H groups in total. The highest BCUT2D eigenvalue weighted by molar-refractivity contribution is 5.37. The highest BCUT2D eigenvalue weighted by atomic mass is 16.5. The summed E-state index contributed by atoms with van der Waals surface area (Å²) in [6.07, 6.45) is 1.64. The van der Waals surface area contributed by atoms with Gasteiger partial charge in [-0.25, -0.2) is 0 Å². The van der Waals surface area contributed by atoms with Crippen molar-refractivity contribution in [3.63, 3.8) is 0 Å². The zero-order valence-electron chi connectivity index (χ0n) is 11.1. The van der Waals surface area contributed by atoms with Gasteiger partial charge in [-0.05, 0) is 32.0 Å². The van der Waals surface area contributed by atoms with Gasteiger partial charge in [-0.2, -0.15) is 5.26 Å². The van der Waals surface area contributed by atoms with Crippen LogP contribution in [-0.4, -0.2) is 31.1 Å². The SMILES string of the molecule is CC(CC#N)N(C)CC1CCOc2ccccc21. The van der Waals surface area contributed by atoms with E-state index in [0.29, 0.717) is 18.4 Å². The van der Waals surface area contributed by atoms with Gasteiger partial charge in [0, 0.05) is 18.5 Å². The van der Waals surface area contributed by atoms with Gasteiger partial charge in [-0.1, -0.05) is 18.2 Å². The number of benzene rings is 1. The minimum Gasteiger partial charge on any atom is -0.493 e. The van der Waals surface area contributed by atoms with Crippen LogP contribution in [0.5, 0.6) is 5.75 Å².